The summed E-state index contributed by atoms with van der Waals surface area (Å²) in [5.41, 5.74) is 4.89. The number of para-hydroxylation sites is 1. The first kappa shape index (κ1) is 25.5. The second-order valence-electron chi connectivity index (χ2n) is 8.82. The van der Waals surface area contributed by atoms with Crippen molar-refractivity contribution in [1.82, 2.24) is 4.90 Å². The maximum atomic E-state index is 12.8. The molecular formula is C27H31N3O5S. The summed E-state index contributed by atoms with van der Waals surface area (Å²) < 4.78 is 36.5. The zero-order valence-corrected chi connectivity index (χ0v) is 21.5. The molecule has 1 amide bonds. The van der Waals surface area contributed by atoms with Crippen LogP contribution in [-0.4, -0.2) is 52.8 Å². The van der Waals surface area contributed by atoms with Crippen molar-refractivity contribution in [2.75, 3.05) is 43.6 Å². The third kappa shape index (κ3) is 6.35. The molecule has 1 aliphatic rings. The number of carbonyl (C=O) groups excluding carboxylic acids is 1. The van der Waals surface area contributed by atoms with Gasteiger partial charge in [-0.15, -0.1) is 0 Å². The predicted molar refractivity (Wildman–Crippen MR) is 142 cm³/mol. The number of methoxy groups -OCH3 is 2. The van der Waals surface area contributed by atoms with Crippen LogP contribution in [0.3, 0.4) is 0 Å². The quantitative estimate of drug-likeness (QED) is 0.454. The lowest BCUT2D eigenvalue weighted by Crippen LogP contribution is -2.32. The van der Waals surface area contributed by atoms with Crippen LogP contribution in [0, 0.1) is 0 Å². The Labute approximate surface area is 212 Å². The van der Waals surface area contributed by atoms with Crippen molar-refractivity contribution in [3.05, 3.63) is 82.9 Å². The first-order valence-corrected chi connectivity index (χ1v) is 13.6. The number of ether oxygens (including phenoxy) is 2. The summed E-state index contributed by atoms with van der Waals surface area (Å²) in [4.78, 5) is 15.2. The van der Waals surface area contributed by atoms with Gasteiger partial charge in [0.25, 0.3) is 5.91 Å². The second-order valence-corrected chi connectivity index (χ2v) is 10.6. The number of hydrogen-bond acceptors (Lipinski definition) is 6. The molecule has 0 aromatic heterocycles. The number of nitrogens with one attached hydrogen (secondary N) is 2. The molecule has 0 spiro atoms. The van der Waals surface area contributed by atoms with Gasteiger partial charge in [-0.05, 0) is 65.9 Å². The van der Waals surface area contributed by atoms with Gasteiger partial charge in [-0.2, -0.15) is 0 Å². The van der Waals surface area contributed by atoms with Crippen LogP contribution >= 0.6 is 0 Å². The highest BCUT2D eigenvalue weighted by Gasteiger charge is 2.19. The van der Waals surface area contributed by atoms with Gasteiger partial charge in [0.1, 0.15) is 0 Å². The molecule has 2 N–H and O–H groups in total. The van der Waals surface area contributed by atoms with Gasteiger partial charge in [-0.3, -0.25) is 14.4 Å². The number of anilines is 2. The number of hydrogen-bond donors (Lipinski definition) is 2. The number of amides is 1. The largest absolute Gasteiger partial charge is 0.493 e. The van der Waals surface area contributed by atoms with E-state index in [4.69, 9.17) is 9.47 Å². The zero-order valence-electron chi connectivity index (χ0n) is 20.7. The Kier molecular flexibility index (Phi) is 7.81. The third-order valence-electron chi connectivity index (χ3n) is 6.19. The standard InChI is InChI=1S/C27H31N3O5S/c1-34-25-16-20-13-15-30(18-21(20)17-26(25)35-2)14-12-19-8-10-22(11-9-19)28-27(31)23-6-4-5-7-24(23)29-36(3,32)33/h4-11,16-17,29H,12-15,18H2,1-3H3,(H,28,31). The number of fused-ring (bicyclic) bond motifs is 1. The minimum absolute atomic E-state index is 0.244. The molecule has 8 nitrogen and oxygen atoms in total. The lowest BCUT2D eigenvalue weighted by molar-refractivity contribution is 0.102. The molecule has 0 saturated carbocycles. The molecule has 0 saturated heterocycles. The lowest BCUT2D eigenvalue weighted by atomic mass is 9.98. The molecule has 0 unspecified atom stereocenters. The van der Waals surface area contributed by atoms with Crippen LogP contribution in [0.1, 0.15) is 27.0 Å². The Morgan fingerprint density at radius 3 is 2.31 bits per heavy atom. The highest BCUT2D eigenvalue weighted by atomic mass is 32.2. The van der Waals surface area contributed by atoms with Crippen molar-refractivity contribution in [1.29, 1.82) is 0 Å². The fourth-order valence-electron chi connectivity index (χ4n) is 4.34. The number of benzene rings is 3. The van der Waals surface area contributed by atoms with Gasteiger partial charge in [-0.1, -0.05) is 24.3 Å². The molecule has 3 aromatic carbocycles. The van der Waals surface area contributed by atoms with E-state index in [1.807, 2.05) is 24.3 Å². The van der Waals surface area contributed by atoms with Gasteiger partial charge in [0.05, 0.1) is 31.7 Å². The third-order valence-corrected chi connectivity index (χ3v) is 6.78. The Bertz CT molecular complexity index is 1340. The minimum Gasteiger partial charge on any atom is -0.493 e. The Balaban J connectivity index is 1.34. The average molecular weight is 510 g/mol. The molecule has 1 aliphatic heterocycles. The highest BCUT2D eigenvalue weighted by molar-refractivity contribution is 7.92. The topological polar surface area (TPSA) is 97.0 Å². The van der Waals surface area contributed by atoms with Crippen molar-refractivity contribution in [2.45, 2.75) is 19.4 Å². The van der Waals surface area contributed by atoms with Crippen molar-refractivity contribution in [3.63, 3.8) is 0 Å². The zero-order chi connectivity index (χ0) is 25.7. The summed E-state index contributed by atoms with van der Waals surface area (Å²) >= 11 is 0. The van der Waals surface area contributed by atoms with Gasteiger partial charge < -0.3 is 14.8 Å². The fraction of sp³-hybridized carbons (Fsp3) is 0.296. The summed E-state index contributed by atoms with van der Waals surface area (Å²) in [6.45, 7) is 2.77. The van der Waals surface area contributed by atoms with Crippen LogP contribution in [0.4, 0.5) is 11.4 Å². The van der Waals surface area contributed by atoms with Gasteiger partial charge in [0.2, 0.25) is 10.0 Å². The molecule has 3 aromatic rings. The van der Waals surface area contributed by atoms with E-state index in [9.17, 15) is 13.2 Å². The van der Waals surface area contributed by atoms with Crippen molar-refractivity contribution < 1.29 is 22.7 Å². The maximum Gasteiger partial charge on any atom is 0.257 e. The van der Waals surface area contributed by atoms with Gasteiger partial charge >= 0.3 is 0 Å². The molecule has 0 atom stereocenters. The summed E-state index contributed by atoms with van der Waals surface area (Å²) in [5.74, 6) is 1.14. The predicted octanol–water partition coefficient (Wildman–Crippen LogP) is 3.93. The summed E-state index contributed by atoms with van der Waals surface area (Å²) in [7, 11) is -0.184. The van der Waals surface area contributed by atoms with Crippen LogP contribution in [0.15, 0.2) is 60.7 Å². The van der Waals surface area contributed by atoms with E-state index in [0.717, 1.165) is 50.2 Å². The number of rotatable bonds is 9. The van der Waals surface area contributed by atoms with E-state index in [2.05, 4.69) is 27.1 Å². The maximum absolute atomic E-state index is 12.8. The van der Waals surface area contributed by atoms with Crippen molar-refractivity contribution in [2.24, 2.45) is 0 Å². The van der Waals surface area contributed by atoms with E-state index < -0.39 is 10.0 Å². The van der Waals surface area contributed by atoms with E-state index in [0.29, 0.717) is 5.69 Å². The molecule has 4 rings (SSSR count). The number of carbonyl (C=O) groups is 1. The SMILES string of the molecule is COc1cc2c(cc1OC)CN(CCc1ccc(NC(=O)c3ccccc3NS(C)(=O)=O)cc1)CC2. The molecule has 9 heteroatoms. The Morgan fingerprint density at radius 2 is 1.64 bits per heavy atom. The highest BCUT2D eigenvalue weighted by Crippen LogP contribution is 2.33. The molecule has 190 valence electrons. The van der Waals surface area contributed by atoms with E-state index >= 15 is 0 Å². The minimum atomic E-state index is -3.50. The van der Waals surface area contributed by atoms with E-state index in [-0.39, 0.29) is 17.2 Å². The molecule has 0 radical (unpaired) electrons. The fourth-order valence-corrected chi connectivity index (χ4v) is 4.92. The Morgan fingerprint density at radius 1 is 0.972 bits per heavy atom. The molecule has 0 fully saturated rings. The summed E-state index contributed by atoms with van der Waals surface area (Å²) in [6.07, 6.45) is 2.91. The molecule has 1 heterocycles. The van der Waals surface area contributed by atoms with Crippen molar-refractivity contribution >= 4 is 27.3 Å². The molecule has 36 heavy (non-hydrogen) atoms. The molecule has 0 bridgehead atoms. The van der Waals surface area contributed by atoms with E-state index in [1.54, 1.807) is 38.5 Å². The first-order chi connectivity index (χ1) is 17.3. The molecule has 0 aliphatic carbocycles. The lowest BCUT2D eigenvalue weighted by Gasteiger charge is -2.29. The monoisotopic (exact) mass is 509 g/mol. The van der Waals surface area contributed by atoms with Crippen LogP contribution in [-0.2, 0) is 29.4 Å². The van der Waals surface area contributed by atoms with Crippen molar-refractivity contribution in [3.8, 4) is 11.5 Å². The van der Waals surface area contributed by atoms with Gasteiger partial charge in [0, 0.05) is 25.3 Å². The smallest absolute Gasteiger partial charge is 0.257 e. The normalized spacial score (nSPS) is 13.5. The first-order valence-electron chi connectivity index (χ1n) is 11.7. The second kappa shape index (κ2) is 11.0. The van der Waals surface area contributed by atoms with Crippen LogP contribution < -0.4 is 19.5 Å². The average Bonchev–Trinajstić information content (AvgIpc) is 2.86. The summed E-state index contributed by atoms with van der Waals surface area (Å²) in [5, 5.41) is 2.84. The van der Waals surface area contributed by atoms with E-state index in [1.165, 1.54) is 16.7 Å². The van der Waals surface area contributed by atoms with Gasteiger partial charge in [0.15, 0.2) is 11.5 Å². The molecular weight excluding hydrogens is 478 g/mol. The summed E-state index contributed by atoms with van der Waals surface area (Å²) in [6, 6.07) is 18.4. The van der Waals surface area contributed by atoms with Crippen LogP contribution in [0.25, 0.3) is 0 Å². The van der Waals surface area contributed by atoms with Crippen LogP contribution in [0.5, 0.6) is 11.5 Å². The van der Waals surface area contributed by atoms with Crippen LogP contribution in [0.2, 0.25) is 0 Å². The number of nitrogens with zero attached hydrogens (tertiary/aromatic N) is 1. The van der Waals surface area contributed by atoms with Gasteiger partial charge in [-0.25, -0.2) is 8.42 Å². The Hall–Kier alpha value is -3.56. The number of sulfonamides is 1.